The Bertz CT molecular complexity index is 800. The Balaban J connectivity index is 1.32. The fourth-order valence-electron chi connectivity index (χ4n) is 3.28. The largest absolute Gasteiger partial charge is 0.454 e. The number of benzene rings is 1. The van der Waals surface area contributed by atoms with E-state index in [0.29, 0.717) is 32.4 Å². The van der Waals surface area contributed by atoms with Crippen molar-refractivity contribution < 1.29 is 19.1 Å². The van der Waals surface area contributed by atoms with Gasteiger partial charge in [0.05, 0.1) is 4.88 Å². The van der Waals surface area contributed by atoms with Gasteiger partial charge in [-0.05, 0) is 47.5 Å². The Morgan fingerprint density at radius 2 is 1.92 bits per heavy atom. The van der Waals surface area contributed by atoms with Gasteiger partial charge in [0.25, 0.3) is 0 Å². The van der Waals surface area contributed by atoms with Crippen molar-refractivity contribution in [3.8, 4) is 11.5 Å². The lowest BCUT2D eigenvalue weighted by molar-refractivity contribution is -0.132. The Hall–Kier alpha value is -2.34. The van der Waals surface area contributed by atoms with E-state index >= 15 is 0 Å². The molecule has 0 fully saturated rings. The van der Waals surface area contributed by atoms with E-state index in [-0.39, 0.29) is 18.5 Å². The third-order valence-electron chi connectivity index (χ3n) is 4.65. The van der Waals surface area contributed by atoms with E-state index in [9.17, 15) is 9.59 Å². The lowest BCUT2D eigenvalue weighted by Crippen LogP contribution is -2.35. The average molecular weight is 357 g/mol. The van der Waals surface area contributed by atoms with Gasteiger partial charge >= 0.3 is 0 Å². The monoisotopic (exact) mass is 357 g/mol. The number of amides is 1. The van der Waals surface area contributed by atoms with Crippen molar-refractivity contribution in [3.63, 3.8) is 0 Å². The molecule has 2 aromatic rings. The molecule has 0 radical (unpaired) electrons. The van der Waals surface area contributed by atoms with Gasteiger partial charge in [0, 0.05) is 25.9 Å². The van der Waals surface area contributed by atoms with E-state index in [4.69, 9.17) is 9.47 Å². The van der Waals surface area contributed by atoms with Crippen LogP contribution in [-0.4, -0.2) is 29.9 Å². The second-order valence-electron chi connectivity index (χ2n) is 6.29. The van der Waals surface area contributed by atoms with Crippen LogP contribution in [0.1, 0.15) is 40.1 Å². The van der Waals surface area contributed by atoms with Crippen LogP contribution in [0.15, 0.2) is 29.6 Å². The topological polar surface area (TPSA) is 55.8 Å². The summed E-state index contributed by atoms with van der Waals surface area (Å²) >= 11 is 1.45. The van der Waals surface area contributed by atoms with Crippen LogP contribution in [0.25, 0.3) is 0 Å². The third-order valence-corrected chi connectivity index (χ3v) is 5.56. The van der Waals surface area contributed by atoms with Gasteiger partial charge in [0.1, 0.15) is 0 Å². The fraction of sp³-hybridized carbons (Fsp3) is 0.368. The number of thiophene rings is 1. The van der Waals surface area contributed by atoms with Gasteiger partial charge in [0.15, 0.2) is 17.3 Å². The summed E-state index contributed by atoms with van der Waals surface area (Å²) in [6.45, 7) is 1.58. The van der Waals surface area contributed by atoms with Crippen LogP contribution in [0.4, 0.5) is 0 Å². The molecular weight excluding hydrogens is 338 g/mol. The van der Waals surface area contributed by atoms with Crippen molar-refractivity contribution in [2.45, 2.75) is 32.2 Å². The lowest BCUT2D eigenvalue weighted by atomic mass is 9.98. The van der Waals surface area contributed by atoms with Crippen LogP contribution < -0.4 is 9.47 Å². The standard InChI is InChI=1S/C19H19NO4S/c21-15(18-4-2-8-25-18)3-1-5-19(22)20-7-6-13-9-16-17(24-12-23-16)10-14(13)11-20/h2,4,8-10H,1,3,5-7,11-12H2. The Kier molecular flexibility index (Phi) is 4.44. The van der Waals surface area contributed by atoms with E-state index in [2.05, 4.69) is 0 Å². The van der Waals surface area contributed by atoms with Crippen LogP contribution >= 0.6 is 11.3 Å². The average Bonchev–Trinajstić information content (AvgIpc) is 3.30. The minimum atomic E-state index is 0.113. The first-order valence-corrected chi connectivity index (χ1v) is 9.34. The maximum Gasteiger partial charge on any atom is 0.231 e. The number of rotatable bonds is 5. The van der Waals surface area contributed by atoms with Crippen LogP contribution in [0.2, 0.25) is 0 Å². The van der Waals surface area contributed by atoms with Gasteiger partial charge in [-0.15, -0.1) is 11.3 Å². The zero-order valence-corrected chi connectivity index (χ0v) is 14.6. The predicted octanol–water partition coefficient (Wildman–Crippen LogP) is 3.41. The molecule has 0 unspecified atom stereocenters. The van der Waals surface area contributed by atoms with E-state index in [1.165, 1.54) is 16.9 Å². The predicted molar refractivity (Wildman–Crippen MR) is 94.2 cm³/mol. The molecular formula is C19H19NO4S. The number of ketones is 1. The minimum absolute atomic E-state index is 0.113. The maximum atomic E-state index is 12.5. The molecule has 0 aliphatic carbocycles. The molecule has 1 amide bonds. The molecule has 1 aromatic heterocycles. The SMILES string of the molecule is O=C(CCCC(=O)N1CCc2cc3c(cc2C1)OCO3)c1cccs1. The van der Waals surface area contributed by atoms with Gasteiger partial charge < -0.3 is 14.4 Å². The van der Waals surface area contributed by atoms with Gasteiger partial charge in [0.2, 0.25) is 12.7 Å². The quantitative estimate of drug-likeness (QED) is 0.770. The molecule has 0 saturated carbocycles. The van der Waals surface area contributed by atoms with Crippen molar-refractivity contribution in [1.82, 2.24) is 4.90 Å². The van der Waals surface area contributed by atoms with E-state index in [0.717, 1.165) is 28.4 Å². The third kappa shape index (κ3) is 3.39. The molecule has 0 bridgehead atoms. The number of fused-ring (bicyclic) bond motifs is 2. The molecule has 0 spiro atoms. The van der Waals surface area contributed by atoms with Gasteiger partial charge in [-0.3, -0.25) is 9.59 Å². The van der Waals surface area contributed by atoms with Crippen LogP contribution in [-0.2, 0) is 17.8 Å². The highest BCUT2D eigenvalue weighted by Gasteiger charge is 2.24. The number of hydrogen-bond donors (Lipinski definition) is 0. The molecule has 1 aromatic carbocycles. The van der Waals surface area contributed by atoms with Gasteiger partial charge in [-0.2, -0.15) is 0 Å². The summed E-state index contributed by atoms with van der Waals surface area (Å²) in [5, 5.41) is 1.90. The second-order valence-corrected chi connectivity index (χ2v) is 7.24. The first-order valence-electron chi connectivity index (χ1n) is 8.46. The van der Waals surface area contributed by atoms with E-state index in [1.807, 2.05) is 34.5 Å². The lowest BCUT2D eigenvalue weighted by Gasteiger charge is -2.29. The highest BCUT2D eigenvalue weighted by atomic mass is 32.1. The highest BCUT2D eigenvalue weighted by Crippen LogP contribution is 2.36. The second kappa shape index (κ2) is 6.88. The van der Waals surface area contributed by atoms with Gasteiger partial charge in [-0.1, -0.05) is 6.07 Å². The summed E-state index contributed by atoms with van der Waals surface area (Å²) in [5.74, 6) is 1.79. The maximum absolute atomic E-state index is 12.5. The summed E-state index contributed by atoms with van der Waals surface area (Å²) in [7, 11) is 0. The molecule has 2 aliphatic rings. The molecule has 3 heterocycles. The number of carbonyl (C=O) groups excluding carboxylic acids is 2. The van der Waals surface area contributed by atoms with E-state index in [1.54, 1.807) is 0 Å². The van der Waals surface area contributed by atoms with Gasteiger partial charge in [-0.25, -0.2) is 0 Å². The fourth-order valence-corrected chi connectivity index (χ4v) is 3.97. The summed E-state index contributed by atoms with van der Waals surface area (Å²) in [6.07, 6.45) is 2.26. The molecule has 2 aliphatic heterocycles. The van der Waals surface area contributed by atoms with Crippen molar-refractivity contribution in [2.24, 2.45) is 0 Å². The smallest absolute Gasteiger partial charge is 0.231 e. The first kappa shape index (κ1) is 16.1. The Morgan fingerprint density at radius 1 is 1.12 bits per heavy atom. The highest BCUT2D eigenvalue weighted by molar-refractivity contribution is 7.12. The molecule has 0 saturated heterocycles. The zero-order valence-electron chi connectivity index (χ0n) is 13.8. The molecule has 5 nitrogen and oxygen atoms in total. The normalized spacial score (nSPS) is 15.1. The van der Waals surface area contributed by atoms with Crippen LogP contribution in [0.5, 0.6) is 11.5 Å². The number of Topliss-reactive ketones (excluding diaryl/α,β-unsaturated/α-hetero) is 1. The summed E-state index contributed by atoms with van der Waals surface area (Å²) in [6, 6.07) is 7.72. The Labute approximate surface area is 150 Å². The number of hydrogen-bond acceptors (Lipinski definition) is 5. The Morgan fingerprint density at radius 3 is 2.68 bits per heavy atom. The first-order chi connectivity index (χ1) is 12.2. The van der Waals surface area contributed by atoms with Crippen molar-refractivity contribution in [3.05, 3.63) is 45.6 Å². The summed E-state index contributed by atoms with van der Waals surface area (Å²) < 4.78 is 10.8. The van der Waals surface area contributed by atoms with E-state index < -0.39 is 0 Å². The molecule has 25 heavy (non-hydrogen) atoms. The molecule has 130 valence electrons. The number of ether oxygens (including phenoxy) is 2. The van der Waals surface area contributed by atoms with Crippen molar-refractivity contribution in [1.29, 1.82) is 0 Å². The minimum Gasteiger partial charge on any atom is -0.454 e. The van der Waals surface area contributed by atoms with Crippen molar-refractivity contribution in [2.75, 3.05) is 13.3 Å². The van der Waals surface area contributed by atoms with Crippen LogP contribution in [0.3, 0.4) is 0 Å². The zero-order chi connectivity index (χ0) is 17.2. The molecule has 4 rings (SSSR count). The summed E-state index contributed by atoms with van der Waals surface area (Å²) in [4.78, 5) is 27.1. The molecule has 0 N–H and O–H groups in total. The summed E-state index contributed by atoms with van der Waals surface area (Å²) in [5.41, 5.74) is 2.35. The molecule has 0 atom stereocenters. The van der Waals surface area contributed by atoms with Crippen molar-refractivity contribution >= 4 is 23.0 Å². The number of carbonyl (C=O) groups is 2. The molecule has 6 heteroatoms. The van der Waals surface area contributed by atoms with Crippen LogP contribution in [0, 0.1) is 0 Å². The number of nitrogens with zero attached hydrogens (tertiary/aromatic N) is 1.